The molecule has 0 radical (unpaired) electrons. The van der Waals surface area contributed by atoms with E-state index in [4.69, 9.17) is 9.97 Å². The van der Waals surface area contributed by atoms with Gasteiger partial charge in [0.2, 0.25) is 0 Å². The predicted molar refractivity (Wildman–Crippen MR) is 310 cm³/mol. The van der Waals surface area contributed by atoms with Crippen LogP contribution in [0.5, 0.6) is 0 Å². The fraction of sp³-hybridized carbons (Fsp3) is 0.0606. The van der Waals surface area contributed by atoms with E-state index in [9.17, 15) is 0 Å². The molecular weight excluding hydrogens is 1320 g/mol. The van der Waals surface area contributed by atoms with E-state index < -0.39 is 0 Å². The molecule has 0 atom stereocenters. The average molecular weight is 1370 g/mol. The average Bonchev–Trinajstić information content (AvgIpc) is 4.36. The zero-order valence-electron chi connectivity index (χ0n) is 42.7. The van der Waals surface area contributed by atoms with Gasteiger partial charge in [0, 0.05) is 56.6 Å². The van der Waals surface area contributed by atoms with Crippen LogP contribution in [0.15, 0.2) is 207 Å². The molecule has 0 bridgehead atoms. The third-order valence-electron chi connectivity index (χ3n) is 14.0. The Balaban J connectivity index is 0.000000130. The smallest absolute Gasteiger partial charge is 0.427 e. The van der Waals surface area contributed by atoms with Gasteiger partial charge < -0.3 is 29.0 Å². The van der Waals surface area contributed by atoms with Gasteiger partial charge in [-0.15, -0.1) is 10.8 Å². The maximum Gasteiger partial charge on any atom is 2.00 e. The van der Waals surface area contributed by atoms with E-state index in [1.54, 1.807) is 0 Å². The van der Waals surface area contributed by atoms with E-state index in [1.165, 1.54) is 86.4 Å². The molecule has 12 heteroatoms. The van der Waals surface area contributed by atoms with Crippen LogP contribution in [0.4, 0.5) is 0 Å². The van der Waals surface area contributed by atoms with Gasteiger partial charge in [-0.3, -0.25) is 10.2 Å². The molecule has 16 aromatic rings. The molecule has 8 aromatic heterocycles. The molecule has 0 aliphatic heterocycles. The molecule has 0 saturated heterocycles. The number of rotatable bonds is 0. The van der Waals surface area contributed by atoms with Crippen molar-refractivity contribution in [2.75, 3.05) is 0 Å². The van der Waals surface area contributed by atoms with Gasteiger partial charge in [-0.25, -0.2) is 9.97 Å². The van der Waals surface area contributed by atoms with Crippen LogP contribution in [0, 0.1) is 39.8 Å². The molecule has 0 fully saturated rings. The van der Waals surface area contributed by atoms with E-state index in [0.29, 0.717) is 0 Å². The SMILES string of the molecule is Cc1n[n-]c(C)n1.Cc1n[n-]c(C)n1.[Pt+2].[Pt+2].[c-]1cccc2c3cccc4c5ccccc5c5ccccc5c5cccnc5n(c12)c43.[c-]1cccc2c3cccc4c5ccccc5c5ccccc5c5cccnc5n(c12)c43. The molecule has 0 N–H and O–H groups in total. The first kappa shape index (κ1) is 51.4. The first-order valence-corrected chi connectivity index (χ1v) is 25.2. The Hall–Kier alpha value is -8.68. The van der Waals surface area contributed by atoms with E-state index in [2.05, 4.69) is 221 Å². The van der Waals surface area contributed by atoms with Gasteiger partial charge in [0.25, 0.3) is 0 Å². The Morgan fingerprint density at radius 1 is 0.321 bits per heavy atom. The van der Waals surface area contributed by atoms with Crippen molar-refractivity contribution in [1.82, 2.24) is 49.1 Å². The number of aryl methyl sites for hydroxylation is 4. The molecule has 16 rings (SSSR count). The van der Waals surface area contributed by atoms with Gasteiger partial charge in [-0.1, -0.05) is 156 Å². The van der Waals surface area contributed by atoms with Gasteiger partial charge >= 0.3 is 42.1 Å². The normalized spacial score (nSPS) is 11.1. The molecule has 0 unspecified atom stereocenters. The van der Waals surface area contributed by atoms with Crippen molar-refractivity contribution in [3.8, 4) is 0 Å². The second-order valence-corrected chi connectivity index (χ2v) is 18.7. The molecule has 0 aliphatic carbocycles. The summed E-state index contributed by atoms with van der Waals surface area (Å²) < 4.78 is 4.60. The third kappa shape index (κ3) is 9.01. The van der Waals surface area contributed by atoms with E-state index in [-0.39, 0.29) is 42.1 Å². The zero-order valence-corrected chi connectivity index (χ0v) is 47.3. The molecule has 0 amide bonds. The summed E-state index contributed by atoms with van der Waals surface area (Å²) in [7, 11) is 0. The van der Waals surface area contributed by atoms with E-state index in [0.717, 1.165) is 56.4 Å². The van der Waals surface area contributed by atoms with Gasteiger partial charge in [0.15, 0.2) is 0 Å². The molecule has 8 aromatic carbocycles. The van der Waals surface area contributed by atoms with Crippen molar-refractivity contribution >= 4 is 120 Å². The van der Waals surface area contributed by atoms with Crippen LogP contribution in [0.1, 0.15) is 23.3 Å². The maximum atomic E-state index is 4.91. The van der Waals surface area contributed by atoms with Gasteiger partial charge in [0.1, 0.15) is 11.3 Å². The second kappa shape index (κ2) is 21.7. The molecule has 8 heterocycles. The number of nitrogens with zero attached hydrogens (tertiary/aromatic N) is 10. The number of hydrogen-bond donors (Lipinski definition) is 0. The fourth-order valence-corrected chi connectivity index (χ4v) is 11.0. The molecular formula is C66H46N10Pt2. The monoisotopic (exact) mass is 1370 g/mol. The Labute approximate surface area is 477 Å². The summed E-state index contributed by atoms with van der Waals surface area (Å²) in [6.45, 7) is 7.28. The summed E-state index contributed by atoms with van der Waals surface area (Å²) in [5.41, 5.74) is 6.36. The standard InChI is InChI=1S/2C29H17N2.2C4H6N3.2Pt/c2*1-3-11-21-19(9-1)20-10-2-4-12-22(20)26-16-8-18-30-29(26)31-27-17-6-5-13-23(27)25-15-7-14-24(21)28(25)31;2*1-3-5-4(2)7-6-3;;/h2*1-16,18H;2*1-2H3;;/q4*-1;2*+2. The van der Waals surface area contributed by atoms with Crippen molar-refractivity contribution in [3.05, 3.63) is 242 Å². The van der Waals surface area contributed by atoms with Crippen LogP contribution in [0.2, 0.25) is 0 Å². The summed E-state index contributed by atoms with van der Waals surface area (Å²) in [4.78, 5) is 17.6. The van der Waals surface area contributed by atoms with Crippen LogP contribution in [0.25, 0.3) is 120 Å². The van der Waals surface area contributed by atoms with Crippen molar-refractivity contribution in [3.63, 3.8) is 0 Å². The van der Waals surface area contributed by atoms with Crippen LogP contribution >= 0.6 is 0 Å². The minimum atomic E-state index is 0. The second-order valence-electron chi connectivity index (χ2n) is 18.7. The molecule has 10 nitrogen and oxygen atoms in total. The van der Waals surface area contributed by atoms with Crippen molar-refractivity contribution in [2.24, 2.45) is 0 Å². The summed E-state index contributed by atoms with van der Waals surface area (Å²) in [5.74, 6) is 2.99. The summed E-state index contributed by atoms with van der Waals surface area (Å²) in [6.07, 6.45) is 3.77. The fourth-order valence-electron chi connectivity index (χ4n) is 11.0. The van der Waals surface area contributed by atoms with Crippen molar-refractivity contribution in [2.45, 2.75) is 27.7 Å². The van der Waals surface area contributed by atoms with Gasteiger partial charge in [0.05, 0.1) is 0 Å². The number of benzene rings is 8. The number of hydrogen-bond acceptors (Lipinski definition) is 6. The number of fused-ring (bicyclic) bond motifs is 20. The quantitative estimate of drug-likeness (QED) is 0.138. The molecule has 380 valence electrons. The van der Waals surface area contributed by atoms with Crippen LogP contribution < -0.4 is 10.2 Å². The molecule has 0 saturated carbocycles. The van der Waals surface area contributed by atoms with Crippen LogP contribution in [0.3, 0.4) is 0 Å². The molecule has 0 aliphatic rings. The van der Waals surface area contributed by atoms with E-state index in [1.807, 2.05) is 64.4 Å². The first-order chi connectivity index (χ1) is 37.4. The summed E-state index contributed by atoms with van der Waals surface area (Å²) in [6, 6.07) is 75.8. The number of pyridine rings is 2. The number of aromatic nitrogens is 10. The minimum Gasteiger partial charge on any atom is -0.427 e. The Morgan fingerprint density at radius 2 is 0.603 bits per heavy atom. The zero-order chi connectivity index (χ0) is 51.3. The van der Waals surface area contributed by atoms with E-state index >= 15 is 0 Å². The number of para-hydroxylation sites is 4. The molecule has 78 heavy (non-hydrogen) atoms. The predicted octanol–water partition coefficient (Wildman–Crippen LogP) is 15.0. The summed E-state index contributed by atoms with van der Waals surface area (Å²) >= 11 is 0. The topological polar surface area (TPSA) is 114 Å². The minimum absolute atomic E-state index is 0. The van der Waals surface area contributed by atoms with Crippen molar-refractivity contribution < 1.29 is 42.1 Å². The largest absolute Gasteiger partial charge is 2.00 e. The Morgan fingerprint density at radius 3 is 0.910 bits per heavy atom. The Kier molecular flexibility index (Phi) is 14.3. The molecule has 0 spiro atoms. The third-order valence-corrected chi connectivity index (χ3v) is 14.0. The van der Waals surface area contributed by atoms with Gasteiger partial charge in [-0.05, 0) is 106 Å². The maximum absolute atomic E-state index is 4.91. The van der Waals surface area contributed by atoms with Crippen molar-refractivity contribution in [1.29, 1.82) is 0 Å². The first-order valence-electron chi connectivity index (χ1n) is 25.2. The Bertz CT molecular complexity index is 4630. The van der Waals surface area contributed by atoms with Gasteiger partial charge in [-0.2, -0.15) is 48.5 Å². The van der Waals surface area contributed by atoms with Crippen LogP contribution in [-0.4, -0.2) is 38.9 Å². The summed E-state index contributed by atoms with van der Waals surface area (Å²) in [5, 5.41) is 33.9. The van der Waals surface area contributed by atoms with Crippen LogP contribution in [-0.2, 0) is 42.1 Å².